The van der Waals surface area contributed by atoms with E-state index in [2.05, 4.69) is 10.1 Å². The highest BCUT2D eigenvalue weighted by Crippen LogP contribution is 2.29. The first-order valence-electron chi connectivity index (χ1n) is 8.27. The third-order valence-electron chi connectivity index (χ3n) is 4.03. The lowest BCUT2D eigenvalue weighted by Gasteiger charge is -2.11. The zero-order valence-electron chi connectivity index (χ0n) is 15.5. The van der Waals surface area contributed by atoms with Crippen LogP contribution in [0.4, 0.5) is 4.79 Å². The molecule has 3 aromatic rings. The Morgan fingerprint density at radius 1 is 1.28 bits per heavy atom. The highest BCUT2D eigenvalue weighted by atomic mass is 35.5. The average molecular weight is 437 g/mol. The van der Waals surface area contributed by atoms with E-state index in [0.717, 1.165) is 4.90 Å². The van der Waals surface area contributed by atoms with Gasteiger partial charge >= 0.3 is 6.09 Å². The number of para-hydroxylation sites is 1. The fourth-order valence-corrected chi connectivity index (χ4v) is 4.19. The summed E-state index contributed by atoms with van der Waals surface area (Å²) >= 11 is 6.25. The molecule has 152 valence electrons. The zero-order valence-corrected chi connectivity index (χ0v) is 17.1. The van der Waals surface area contributed by atoms with Crippen LogP contribution in [0.3, 0.4) is 0 Å². The lowest BCUT2D eigenvalue weighted by Crippen LogP contribution is -2.24. The van der Waals surface area contributed by atoms with Crippen molar-refractivity contribution in [2.75, 3.05) is 14.2 Å². The van der Waals surface area contributed by atoms with Gasteiger partial charge in [-0.15, -0.1) is 0 Å². The largest absolute Gasteiger partial charge is 0.481 e. The van der Waals surface area contributed by atoms with Crippen molar-refractivity contribution in [3.8, 4) is 11.6 Å². The van der Waals surface area contributed by atoms with Crippen LogP contribution in [0.25, 0.3) is 5.69 Å². The molecule has 0 saturated carbocycles. The first-order valence-corrected chi connectivity index (χ1v) is 10.1. The van der Waals surface area contributed by atoms with Crippen molar-refractivity contribution in [3.05, 3.63) is 59.4 Å². The number of sulfone groups is 1. The Kier molecular flexibility index (Phi) is 5.76. The van der Waals surface area contributed by atoms with E-state index >= 15 is 0 Å². The first kappa shape index (κ1) is 20.6. The molecule has 0 spiro atoms. The van der Waals surface area contributed by atoms with Gasteiger partial charge in [0.05, 0.1) is 35.0 Å². The number of ether oxygens (including phenoxy) is 1. The standard InChI is InChI=1S/C18H17ClN4O5S/c1-22(18(24)25)11-12-9-17(23(21-12)15-6-4-3-5-14(15)19)29(26,27)13-7-8-20-16(10-13)28-2/h3-10H,11H2,1-2H3,(H,24,25). The Bertz CT molecular complexity index is 1160. The minimum absolute atomic E-state index is 0.0457. The van der Waals surface area contributed by atoms with Crippen LogP contribution < -0.4 is 4.74 Å². The molecule has 3 rings (SSSR count). The van der Waals surface area contributed by atoms with Gasteiger partial charge in [0.1, 0.15) is 0 Å². The molecule has 0 unspecified atom stereocenters. The highest BCUT2D eigenvalue weighted by Gasteiger charge is 2.27. The first-order chi connectivity index (χ1) is 13.7. The van der Waals surface area contributed by atoms with Crippen LogP contribution in [0.5, 0.6) is 5.88 Å². The van der Waals surface area contributed by atoms with Crippen LogP contribution in [-0.2, 0) is 16.4 Å². The lowest BCUT2D eigenvalue weighted by molar-refractivity contribution is 0.153. The van der Waals surface area contributed by atoms with Gasteiger partial charge in [-0.2, -0.15) is 5.10 Å². The monoisotopic (exact) mass is 436 g/mol. The SMILES string of the molecule is COc1cc(S(=O)(=O)c2cc(CN(C)C(=O)O)nn2-c2ccccc2Cl)ccn1. The summed E-state index contributed by atoms with van der Waals surface area (Å²) in [4.78, 5) is 16.0. The molecule has 29 heavy (non-hydrogen) atoms. The van der Waals surface area contributed by atoms with Gasteiger partial charge in [-0.05, 0) is 18.2 Å². The zero-order chi connectivity index (χ0) is 21.2. The van der Waals surface area contributed by atoms with Gasteiger partial charge in [0.15, 0.2) is 5.03 Å². The number of nitrogens with zero attached hydrogens (tertiary/aromatic N) is 4. The van der Waals surface area contributed by atoms with Crippen molar-refractivity contribution in [2.24, 2.45) is 0 Å². The van der Waals surface area contributed by atoms with E-state index in [9.17, 15) is 13.2 Å². The van der Waals surface area contributed by atoms with Gasteiger partial charge in [0.2, 0.25) is 15.7 Å². The number of hydrogen-bond acceptors (Lipinski definition) is 6. The maximum absolute atomic E-state index is 13.3. The Labute approximate surface area is 172 Å². The molecule has 0 fully saturated rings. The van der Waals surface area contributed by atoms with E-state index in [4.69, 9.17) is 21.4 Å². The molecule has 1 aromatic carbocycles. The Morgan fingerprint density at radius 2 is 2.00 bits per heavy atom. The van der Waals surface area contributed by atoms with Crippen LogP contribution in [0.15, 0.2) is 58.6 Å². The predicted octanol–water partition coefficient (Wildman–Crippen LogP) is 2.87. The summed E-state index contributed by atoms with van der Waals surface area (Å²) in [6, 6.07) is 10.6. The second-order valence-corrected chi connectivity index (χ2v) is 8.32. The minimum Gasteiger partial charge on any atom is -0.481 e. The van der Waals surface area contributed by atoms with Crippen LogP contribution in [-0.4, -0.2) is 53.4 Å². The molecule has 0 aliphatic rings. The van der Waals surface area contributed by atoms with E-state index < -0.39 is 15.9 Å². The molecule has 0 atom stereocenters. The number of carbonyl (C=O) groups is 1. The van der Waals surface area contributed by atoms with Gasteiger partial charge in [0, 0.05) is 25.4 Å². The summed E-state index contributed by atoms with van der Waals surface area (Å²) in [5.74, 6) is 0.140. The van der Waals surface area contributed by atoms with Crippen molar-refractivity contribution < 1.29 is 23.1 Å². The number of carboxylic acid groups (broad SMARTS) is 1. The highest BCUT2D eigenvalue weighted by molar-refractivity contribution is 7.91. The molecular formula is C18H17ClN4O5S. The van der Waals surface area contributed by atoms with E-state index in [1.165, 1.54) is 43.2 Å². The molecule has 2 heterocycles. The molecule has 0 bridgehead atoms. The van der Waals surface area contributed by atoms with Crippen molar-refractivity contribution in [1.82, 2.24) is 19.7 Å². The lowest BCUT2D eigenvalue weighted by atomic mass is 10.3. The number of hydrogen-bond donors (Lipinski definition) is 1. The van der Waals surface area contributed by atoms with Crippen molar-refractivity contribution in [3.63, 3.8) is 0 Å². The van der Waals surface area contributed by atoms with Gasteiger partial charge in [0.25, 0.3) is 0 Å². The van der Waals surface area contributed by atoms with Crippen LogP contribution in [0.1, 0.15) is 5.69 Å². The van der Waals surface area contributed by atoms with E-state index in [-0.39, 0.29) is 33.1 Å². The summed E-state index contributed by atoms with van der Waals surface area (Å²) in [6.07, 6.45) is 0.154. The van der Waals surface area contributed by atoms with Crippen LogP contribution >= 0.6 is 11.6 Å². The third kappa shape index (κ3) is 4.17. The predicted molar refractivity (Wildman–Crippen MR) is 104 cm³/mol. The number of aromatic nitrogens is 3. The molecule has 0 aliphatic heterocycles. The molecule has 2 aromatic heterocycles. The van der Waals surface area contributed by atoms with Gasteiger partial charge < -0.3 is 14.7 Å². The average Bonchev–Trinajstić information content (AvgIpc) is 3.12. The molecule has 0 saturated heterocycles. The van der Waals surface area contributed by atoms with Gasteiger partial charge in [-0.25, -0.2) is 22.9 Å². The normalized spacial score (nSPS) is 11.3. The fraction of sp³-hybridized carbons (Fsp3) is 0.167. The second-order valence-electron chi connectivity index (χ2n) is 6.01. The number of methoxy groups -OCH3 is 1. The Morgan fingerprint density at radius 3 is 2.66 bits per heavy atom. The van der Waals surface area contributed by atoms with Crippen molar-refractivity contribution >= 4 is 27.5 Å². The Balaban J connectivity index is 2.19. The maximum atomic E-state index is 13.3. The summed E-state index contributed by atoms with van der Waals surface area (Å²) in [7, 11) is -1.31. The maximum Gasteiger partial charge on any atom is 0.407 e. The molecule has 0 aliphatic carbocycles. The number of amides is 1. The molecule has 11 heteroatoms. The van der Waals surface area contributed by atoms with Gasteiger partial charge in [-0.3, -0.25) is 0 Å². The smallest absolute Gasteiger partial charge is 0.407 e. The summed E-state index contributed by atoms with van der Waals surface area (Å²) in [6.45, 7) is -0.102. The molecule has 0 radical (unpaired) electrons. The van der Waals surface area contributed by atoms with Crippen molar-refractivity contribution in [2.45, 2.75) is 16.5 Å². The number of benzene rings is 1. The quantitative estimate of drug-likeness (QED) is 0.631. The van der Waals surface area contributed by atoms with Crippen molar-refractivity contribution in [1.29, 1.82) is 0 Å². The molecule has 9 nitrogen and oxygen atoms in total. The number of halogens is 1. The van der Waals surface area contributed by atoms with E-state index in [1.807, 2.05) is 0 Å². The van der Waals surface area contributed by atoms with Gasteiger partial charge in [-0.1, -0.05) is 23.7 Å². The molecule has 1 amide bonds. The minimum atomic E-state index is -4.05. The third-order valence-corrected chi connectivity index (χ3v) is 6.07. The fourth-order valence-electron chi connectivity index (χ4n) is 2.58. The molecule has 1 N–H and O–H groups in total. The summed E-state index contributed by atoms with van der Waals surface area (Å²) in [5.41, 5.74) is 0.590. The summed E-state index contributed by atoms with van der Waals surface area (Å²) in [5, 5.41) is 13.5. The van der Waals surface area contributed by atoms with E-state index in [1.54, 1.807) is 24.3 Å². The summed E-state index contributed by atoms with van der Waals surface area (Å²) < 4.78 is 32.8. The second kappa shape index (κ2) is 8.10. The van der Waals surface area contributed by atoms with E-state index in [0.29, 0.717) is 5.69 Å². The van der Waals surface area contributed by atoms with Crippen LogP contribution in [0, 0.1) is 0 Å². The topological polar surface area (TPSA) is 115 Å². The number of rotatable bonds is 6. The Hall–Kier alpha value is -3.11. The molecular weight excluding hydrogens is 420 g/mol. The number of pyridine rings is 1. The van der Waals surface area contributed by atoms with Crippen LogP contribution in [0.2, 0.25) is 5.02 Å².